The number of carbonyl (C=O) groups is 1. The Hall–Kier alpha value is -2.18. The molecule has 1 N–H and O–H groups in total. The van der Waals surface area contributed by atoms with Crippen LogP contribution in [-0.2, 0) is 11.3 Å². The van der Waals surface area contributed by atoms with Gasteiger partial charge in [0.15, 0.2) is 0 Å². The van der Waals surface area contributed by atoms with E-state index in [2.05, 4.69) is 40.0 Å². The monoisotopic (exact) mass is 343 g/mol. The summed E-state index contributed by atoms with van der Waals surface area (Å²) in [5.41, 5.74) is 2.72. The average molecular weight is 343 g/mol. The van der Waals surface area contributed by atoms with Crippen molar-refractivity contribution in [3.05, 3.63) is 41.4 Å². The standard InChI is InChI=1S/C18H21N3O2S/c1-3-21-15-8-5-4-7-13(15)11-16(21)18-20-14(12-24-18)17(22)19-9-6-10-23-2/h4-5,7-8,11-12H,3,6,9-10H2,1-2H3,(H,19,22). The van der Waals surface area contributed by atoms with Crippen LogP contribution in [0.1, 0.15) is 23.8 Å². The van der Waals surface area contributed by atoms with Gasteiger partial charge in [0.1, 0.15) is 10.7 Å². The molecule has 5 nitrogen and oxygen atoms in total. The van der Waals surface area contributed by atoms with E-state index in [-0.39, 0.29) is 5.91 Å². The number of para-hydroxylation sites is 1. The molecule has 0 saturated carbocycles. The summed E-state index contributed by atoms with van der Waals surface area (Å²) in [5.74, 6) is -0.132. The fourth-order valence-corrected chi connectivity index (χ4v) is 3.56. The molecule has 0 spiro atoms. The van der Waals surface area contributed by atoms with Crippen molar-refractivity contribution in [3.8, 4) is 10.7 Å². The largest absolute Gasteiger partial charge is 0.385 e. The van der Waals surface area contributed by atoms with Crippen LogP contribution in [0.4, 0.5) is 0 Å². The maximum atomic E-state index is 12.2. The van der Waals surface area contributed by atoms with E-state index in [4.69, 9.17) is 4.74 Å². The number of aromatic nitrogens is 2. The number of nitrogens with zero attached hydrogens (tertiary/aromatic N) is 2. The number of thiazole rings is 1. The maximum Gasteiger partial charge on any atom is 0.270 e. The fourth-order valence-electron chi connectivity index (χ4n) is 2.73. The van der Waals surface area contributed by atoms with E-state index < -0.39 is 0 Å². The van der Waals surface area contributed by atoms with Crippen LogP contribution in [0.5, 0.6) is 0 Å². The van der Waals surface area contributed by atoms with Crippen molar-refractivity contribution in [2.75, 3.05) is 20.3 Å². The lowest BCUT2D eigenvalue weighted by molar-refractivity contribution is 0.0944. The number of hydrogen-bond donors (Lipinski definition) is 1. The van der Waals surface area contributed by atoms with Crippen LogP contribution < -0.4 is 5.32 Å². The summed E-state index contributed by atoms with van der Waals surface area (Å²) < 4.78 is 7.21. The van der Waals surface area contributed by atoms with E-state index in [1.807, 2.05) is 17.5 Å². The molecule has 6 heteroatoms. The zero-order chi connectivity index (χ0) is 16.9. The van der Waals surface area contributed by atoms with E-state index in [9.17, 15) is 4.79 Å². The number of methoxy groups -OCH3 is 1. The quantitative estimate of drug-likeness (QED) is 0.668. The second kappa shape index (κ2) is 7.59. The first kappa shape index (κ1) is 16.7. The van der Waals surface area contributed by atoms with Crippen molar-refractivity contribution < 1.29 is 9.53 Å². The van der Waals surface area contributed by atoms with Crippen molar-refractivity contribution in [2.24, 2.45) is 0 Å². The minimum absolute atomic E-state index is 0.132. The van der Waals surface area contributed by atoms with Gasteiger partial charge < -0.3 is 14.6 Å². The third-order valence-electron chi connectivity index (χ3n) is 3.89. The predicted octanol–water partition coefficient (Wildman–Crippen LogP) is 3.55. The van der Waals surface area contributed by atoms with Crippen molar-refractivity contribution in [3.63, 3.8) is 0 Å². The molecule has 3 rings (SSSR count). The Morgan fingerprint density at radius 2 is 2.21 bits per heavy atom. The fraction of sp³-hybridized carbons (Fsp3) is 0.333. The molecule has 24 heavy (non-hydrogen) atoms. The molecule has 0 fully saturated rings. The lowest BCUT2D eigenvalue weighted by atomic mass is 10.2. The SMILES string of the molecule is CCn1c(-c2nc(C(=O)NCCCOC)cs2)cc2ccccc21. The molecule has 2 heterocycles. The highest BCUT2D eigenvalue weighted by Crippen LogP contribution is 2.30. The third-order valence-corrected chi connectivity index (χ3v) is 4.76. The Bertz CT molecular complexity index is 838. The molecule has 0 aliphatic rings. The number of aryl methyl sites for hydroxylation is 1. The lowest BCUT2D eigenvalue weighted by Gasteiger charge is -2.05. The highest BCUT2D eigenvalue weighted by molar-refractivity contribution is 7.13. The molecular formula is C18H21N3O2S. The van der Waals surface area contributed by atoms with Gasteiger partial charge in [-0.05, 0) is 25.5 Å². The summed E-state index contributed by atoms with van der Waals surface area (Å²) in [5, 5.41) is 6.75. The Balaban J connectivity index is 1.82. The van der Waals surface area contributed by atoms with Gasteiger partial charge in [-0.15, -0.1) is 11.3 Å². The number of carbonyl (C=O) groups excluding carboxylic acids is 1. The molecule has 0 atom stereocenters. The topological polar surface area (TPSA) is 56.2 Å². The number of amides is 1. The lowest BCUT2D eigenvalue weighted by Crippen LogP contribution is -2.25. The molecule has 0 bridgehead atoms. The molecule has 1 amide bonds. The van der Waals surface area contributed by atoms with Gasteiger partial charge in [0.25, 0.3) is 5.91 Å². The van der Waals surface area contributed by atoms with Crippen LogP contribution in [0.25, 0.3) is 21.6 Å². The summed E-state index contributed by atoms with van der Waals surface area (Å²) in [6, 6.07) is 10.4. The number of fused-ring (bicyclic) bond motifs is 1. The van der Waals surface area contributed by atoms with Gasteiger partial charge in [0.05, 0.1) is 5.69 Å². The van der Waals surface area contributed by atoms with Crippen LogP contribution in [0.3, 0.4) is 0 Å². The summed E-state index contributed by atoms with van der Waals surface area (Å²) in [6.45, 7) is 4.21. The van der Waals surface area contributed by atoms with Crippen LogP contribution in [0, 0.1) is 0 Å². The first-order chi connectivity index (χ1) is 11.7. The third kappa shape index (κ3) is 3.34. The summed E-state index contributed by atoms with van der Waals surface area (Å²) in [6.07, 6.45) is 0.795. The first-order valence-electron chi connectivity index (χ1n) is 8.06. The first-order valence-corrected chi connectivity index (χ1v) is 8.94. The Morgan fingerprint density at radius 1 is 1.38 bits per heavy atom. The van der Waals surface area contributed by atoms with Gasteiger partial charge in [-0.3, -0.25) is 4.79 Å². The summed E-state index contributed by atoms with van der Waals surface area (Å²) in [7, 11) is 1.65. The average Bonchev–Trinajstić information content (AvgIpc) is 3.22. The second-order valence-electron chi connectivity index (χ2n) is 5.47. The molecule has 2 aromatic heterocycles. The zero-order valence-electron chi connectivity index (χ0n) is 13.9. The summed E-state index contributed by atoms with van der Waals surface area (Å²) in [4.78, 5) is 16.7. The predicted molar refractivity (Wildman–Crippen MR) is 97.5 cm³/mol. The molecular weight excluding hydrogens is 322 g/mol. The van der Waals surface area contributed by atoms with Crippen LogP contribution >= 0.6 is 11.3 Å². The molecule has 126 valence electrons. The zero-order valence-corrected chi connectivity index (χ0v) is 14.7. The Kier molecular flexibility index (Phi) is 5.27. The Labute approximate surface area is 145 Å². The van der Waals surface area contributed by atoms with Gasteiger partial charge in [0.2, 0.25) is 0 Å². The Morgan fingerprint density at radius 3 is 3.00 bits per heavy atom. The minimum atomic E-state index is -0.132. The maximum absolute atomic E-state index is 12.2. The van der Waals surface area contributed by atoms with Crippen molar-refractivity contribution in [1.82, 2.24) is 14.9 Å². The number of benzene rings is 1. The molecule has 0 saturated heterocycles. The number of ether oxygens (including phenoxy) is 1. The van der Waals surface area contributed by atoms with Crippen molar-refractivity contribution in [1.29, 1.82) is 0 Å². The molecule has 0 unspecified atom stereocenters. The van der Waals surface area contributed by atoms with Crippen molar-refractivity contribution >= 4 is 28.1 Å². The summed E-state index contributed by atoms with van der Waals surface area (Å²) >= 11 is 1.50. The van der Waals surface area contributed by atoms with E-state index in [0.717, 1.165) is 23.7 Å². The highest BCUT2D eigenvalue weighted by atomic mass is 32.1. The van der Waals surface area contributed by atoms with Gasteiger partial charge >= 0.3 is 0 Å². The number of nitrogens with one attached hydrogen (secondary N) is 1. The van der Waals surface area contributed by atoms with Crippen LogP contribution in [0.15, 0.2) is 35.7 Å². The van der Waals surface area contributed by atoms with Crippen molar-refractivity contribution in [2.45, 2.75) is 19.9 Å². The van der Waals surface area contributed by atoms with Gasteiger partial charge in [-0.25, -0.2) is 4.98 Å². The molecule has 3 aromatic rings. The van der Waals surface area contributed by atoms with Gasteiger partial charge in [0, 0.05) is 43.1 Å². The smallest absolute Gasteiger partial charge is 0.270 e. The van der Waals surface area contributed by atoms with Crippen LogP contribution in [0.2, 0.25) is 0 Å². The normalized spacial score (nSPS) is 11.1. The molecule has 0 aliphatic carbocycles. The van der Waals surface area contributed by atoms with Crippen LogP contribution in [-0.4, -0.2) is 35.7 Å². The second-order valence-corrected chi connectivity index (χ2v) is 6.33. The van der Waals surface area contributed by atoms with E-state index >= 15 is 0 Å². The van der Waals surface area contributed by atoms with E-state index in [0.29, 0.717) is 18.8 Å². The number of rotatable bonds is 7. The molecule has 0 aliphatic heterocycles. The molecule has 1 aromatic carbocycles. The minimum Gasteiger partial charge on any atom is -0.385 e. The van der Waals surface area contributed by atoms with E-state index in [1.54, 1.807) is 7.11 Å². The van der Waals surface area contributed by atoms with Gasteiger partial charge in [-0.1, -0.05) is 18.2 Å². The number of hydrogen-bond acceptors (Lipinski definition) is 4. The molecule has 0 radical (unpaired) electrons. The van der Waals surface area contributed by atoms with E-state index in [1.165, 1.54) is 22.2 Å². The highest BCUT2D eigenvalue weighted by Gasteiger charge is 2.15. The van der Waals surface area contributed by atoms with Gasteiger partial charge in [-0.2, -0.15) is 0 Å².